The van der Waals surface area contributed by atoms with Gasteiger partial charge in [0.25, 0.3) is 0 Å². The van der Waals surface area contributed by atoms with E-state index >= 15 is 0 Å². The van der Waals surface area contributed by atoms with Crippen LogP contribution in [0.15, 0.2) is 60.6 Å². The molecule has 1 saturated heterocycles. The molecule has 3 aromatic rings. The van der Waals surface area contributed by atoms with Gasteiger partial charge in [0.2, 0.25) is 5.95 Å². The second kappa shape index (κ2) is 8.94. The maximum absolute atomic E-state index is 5.96. The number of nitrogens with one attached hydrogen (secondary N) is 1. The number of nitrogens with zero attached hydrogens (tertiary/aromatic N) is 4. The summed E-state index contributed by atoms with van der Waals surface area (Å²) in [7, 11) is 0. The van der Waals surface area contributed by atoms with Crippen LogP contribution in [0.25, 0.3) is 17.2 Å². The molecule has 0 bridgehead atoms. The highest BCUT2D eigenvalue weighted by Crippen LogP contribution is 2.35. The predicted molar refractivity (Wildman–Crippen MR) is 130 cm³/mol. The molecule has 2 aromatic heterocycles. The van der Waals surface area contributed by atoms with E-state index in [0.717, 1.165) is 55.3 Å². The largest absolute Gasteiger partial charge is 0.489 e. The molecule has 0 atom stereocenters. The molecule has 1 saturated carbocycles. The van der Waals surface area contributed by atoms with E-state index in [4.69, 9.17) is 9.72 Å². The zero-order valence-electron chi connectivity index (χ0n) is 18.8. The van der Waals surface area contributed by atoms with Crippen molar-refractivity contribution in [3.63, 3.8) is 0 Å². The molecule has 6 heteroatoms. The molecular formula is C27H29N5O. The van der Waals surface area contributed by atoms with Gasteiger partial charge in [-0.15, -0.1) is 0 Å². The number of rotatable bonds is 6. The van der Waals surface area contributed by atoms with Gasteiger partial charge in [-0.05, 0) is 74.2 Å². The van der Waals surface area contributed by atoms with E-state index in [-0.39, 0.29) is 0 Å². The van der Waals surface area contributed by atoms with E-state index in [2.05, 4.69) is 50.5 Å². The van der Waals surface area contributed by atoms with Crippen molar-refractivity contribution in [1.29, 1.82) is 0 Å². The van der Waals surface area contributed by atoms with Gasteiger partial charge < -0.3 is 10.1 Å². The molecule has 0 spiro atoms. The molecule has 2 fully saturated rings. The predicted octanol–water partition coefficient (Wildman–Crippen LogP) is 4.77. The fourth-order valence-corrected chi connectivity index (χ4v) is 4.85. The molecule has 1 aromatic carbocycles. The van der Waals surface area contributed by atoms with E-state index in [0.29, 0.717) is 18.6 Å². The molecule has 1 N–H and O–H groups in total. The minimum absolute atomic E-state index is 0.435. The second-order valence-corrected chi connectivity index (χ2v) is 9.33. The van der Waals surface area contributed by atoms with Gasteiger partial charge in [0.15, 0.2) is 0 Å². The number of likely N-dealkylation sites (tertiary alicyclic amines) is 1. The summed E-state index contributed by atoms with van der Waals surface area (Å²) >= 11 is 0. The molecule has 6 nitrogen and oxygen atoms in total. The maximum Gasteiger partial charge on any atom is 0.223 e. The molecular weight excluding hydrogens is 410 g/mol. The monoisotopic (exact) mass is 439 g/mol. The Morgan fingerprint density at radius 3 is 2.64 bits per heavy atom. The van der Waals surface area contributed by atoms with E-state index in [9.17, 15) is 0 Å². The molecule has 33 heavy (non-hydrogen) atoms. The Kier molecular flexibility index (Phi) is 5.52. The minimum atomic E-state index is 0.435. The topological polar surface area (TPSA) is 63.2 Å². The third kappa shape index (κ3) is 4.62. The zero-order valence-corrected chi connectivity index (χ0v) is 18.8. The Morgan fingerprint density at radius 2 is 1.82 bits per heavy atom. The van der Waals surface area contributed by atoms with Crippen LogP contribution in [0.1, 0.15) is 42.9 Å². The average molecular weight is 440 g/mol. The van der Waals surface area contributed by atoms with Crippen molar-refractivity contribution >= 4 is 12.0 Å². The minimum Gasteiger partial charge on any atom is -0.489 e. The smallest absolute Gasteiger partial charge is 0.223 e. The first kappa shape index (κ1) is 20.4. The highest BCUT2D eigenvalue weighted by atomic mass is 16.5. The van der Waals surface area contributed by atoms with E-state index < -0.39 is 0 Å². The lowest BCUT2D eigenvalue weighted by atomic mass is 9.89. The van der Waals surface area contributed by atoms with Crippen LogP contribution in [0.4, 0.5) is 5.95 Å². The Morgan fingerprint density at radius 1 is 1.00 bits per heavy atom. The number of fused-ring (bicyclic) bond motifs is 1. The fourth-order valence-electron chi connectivity index (χ4n) is 4.85. The lowest BCUT2D eigenvalue weighted by molar-refractivity contribution is 0.218. The third-order valence-electron chi connectivity index (χ3n) is 6.81. The summed E-state index contributed by atoms with van der Waals surface area (Å²) in [5.41, 5.74) is 5.99. The fraction of sp³-hybridized carbons (Fsp3) is 0.370. The number of hydrogen-bond acceptors (Lipinski definition) is 6. The van der Waals surface area contributed by atoms with Crippen LogP contribution in [0.5, 0.6) is 5.75 Å². The van der Waals surface area contributed by atoms with Crippen molar-refractivity contribution in [3.05, 3.63) is 71.8 Å². The van der Waals surface area contributed by atoms with E-state index in [1.165, 1.54) is 29.7 Å². The van der Waals surface area contributed by atoms with Crippen LogP contribution in [0, 0.1) is 0 Å². The van der Waals surface area contributed by atoms with Crippen molar-refractivity contribution in [2.45, 2.75) is 37.6 Å². The van der Waals surface area contributed by atoms with E-state index in [1.807, 2.05) is 30.7 Å². The maximum atomic E-state index is 5.96. The van der Waals surface area contributed by atoms with Crippen LogP contribution >= 0.6 is 0 Å². The number of para-hydroxylation sites is 1. The van der Waals surface area contributed by atoms with Gasteiger partial charge in [0, 0.05) is 48.2 Å². The Balaban J connectivity index is 1.17. The summed E-state index contributed by atoms with van der Waals surface area (Å²) < 4.78 is 5.96. The first-order valence-corrected chi connectivity index (χ1v) is 12.0. The lowest BCUT2D eigenvalue weighted by Gasteiger charge is -2.33. The molecule has 2 aliphatic heterocycles. The molecule has 0 radical (unpaired) electrons. The molecule has 1 aliphatic carbocycles. The van der Waals surface area contributed by atoms with Gasteiger partial charge in [0.1, 0.15) is 12.4 Å². The number of hydrogen-bond donors (Lipinski definition) is 1. The Hall–Kier alpha value is -3.25. The first-order chi connectivity index (χ1) is 16.3. The second-order valence-electron chi connectivity index (χ2n) is 9.33. The lowest BCUT2D eigenvalue weighted by Crippen LogP contribution is -2.35. The summed E-state index contributed by atoms with van der Waals surface area (Å²) in [5.74, 6) is 2.20. The van der Waals surface area contributed by atoms with Gasteiger partial charge in [-0.3, -0.25) is 9.88 Å². The van der Waals surface area contributed by atoms with Crippen LogP contribution in [-0.2, 0) is 0 Å². The van der Waals surface area contributed by atoms with Gasteiger partial charge in [-0.2, -0.15) is 0 Å². The highest BCUT2D eigenvalue weighted by molar-refractivity contribution is 5.66. The highest BCUT2D eigenvalue weighted by Gasteiger charge is 2.27. The SMILES string of the molecule is C1=C(CN2CCC(c3nc(NC4CC4)ncc3-c3ccncc3)CC2)COc2ccccc21. The van der Waals surface area contributed by atoms with Crippen LogP contribution in [0.2, 0.25) is 0 Å². The average Bonchev–Trinajstić information content (AvgIpc) is 3.69. The Labute approximate surface area is 194 Å². The van der Waals surface area contributed by atoms with E-state index in [1.54, 1.807) is 0 Å². The van der Waals surface area contributed by atoms with Gasteiger partial charge in [0.05, 0.1) is 5.69 Å². The quantitative estimate of drug-likeness (QED) is 0.597. The van der Waals surface area contributed by atoms with Crippen LogP contribution in [-0.4, -0.2) is 52.1 Å². The van der Waals surface area contributed by atoms with Crippen molar-refractivity contribution in [3.8, 4) is 16.9 Å². The van der Waals surface area contributed by atoms with Gasteiger partial charge in [-0.1, -0.05) is 18.2 Å². The number of aromatic nitrogens is 3. The number of benzene rings is 1. The van der Waals surface area contributed by atoms with Gasteiger partial charge >= 0.3 is 0 Å². The molecule has 0 amide bonds. The summed E-state index contributed by atoms with van der Waals surface area (Å²) in [6.45, 7) is 3.78. The van der Waals surface area contributed by atoms with Crippen LogP contribution < -0.4 is 10.1 Å². The van der Waals surface area contributed by atoms with Crippen molar-refractivity contribution in [1.82, 2.24) is 19.9 Å². The van der Waals surface area contributed by atoms with Crippen LogP contribution in [0.3, 0.4) is 0 Å². The first-order valence-electron chi connectivity index (χ1n) is 12.0. The van der Waals surface area contributed by atoms with Gasteiger partial charge in [-0.25, -0.2) is 9.97 Å². The molecule has 4 heterocycles. The zero-order chi connectivity index (χ0) is 22.0. The van der Waals surface area contributed by atoms with Crippen molar-refractivity contribution in [2.24, 2.45) is 0 Å². The summed E-state index contributed by atoms with van der Waals surface area (Å²) in [6, 6.07) is 12.9. The van der Waals surface area contributed by atoms with Crippen molar-refractivity contribution in [2.75, 3.05) is 31.6 Å². The number of pyridine rings is 1. The molecule has 168 valence electrons. The number of piperidine rings is 1. The van der Waals surface area contributed by atoms with Crippen molar-refractivity contribution < 1.29 is 4.74 Å². The summed E-state index contributed by atoms with van der Waals surface area (Å²) in [5, 5.41) is 3.48. The number of ether oxygens (including phenoxy) is 1. The number of anilines is 1. The Bertz CT molecular complexity index is 1150. The molecule has 6 rings (SSSR count). The molecule has 3 aliphatic rings. The summed E-state index contributed by atoms with van der Waals surface area (Å²) in [6.07, 6.45) is 12.6. The standard InChI is InChI=1S/C27H29N5O/c1-2-4-25-22(3-1)15-19(18-33-25)17-32-13-9-21(10-14-32)26-24(20-7-11-28-12-8-20)16-29-27(31-26)30-23-5-6-23/h1-4,7-8,11-12,15-16,21,23H,5-6,9-10,13-14,17-18H2,(H,29,30,31). The normalized spacial score (nSPS) is 18.8. The third-order valence-corrected chi connectivity index (χ3v) is 6.81. The molecule has 0 unspecified atom stereocenters. The summed E-state index contributed by atoms with van der Waals surface area (Å²) in [4.78, 5) is 16.4.